The molecule has 20 heavy (non-hydrogen) atoms. The maximum atomic E-state index is 13.6. The van der Waals surface area contributed by atoms with E-state index in [9.17, 15) is 13.6 Å². The molecule has 0 fully saturated rings. The molecule has 0 aliphatic carbocycles. The number of nitrogen functional groups attached to an aromatic ring is 1. The van der Waals surface area contributed by atoms with Gasteiger partial charge in [0.05, 0.1) is 16.3 Å². The number of nitrogens with one attached hydrogen (secondary N) is 1. The number of hydrogen-bond acceptors (Lipinski definition) is 2. The van der Waals surface area contributed by atoms with Gasteiger partial charge in [0.15, 0.2) is 0 Å². The SMILES string of the molecule is Cc1cc(C(=O)Nc2ccc(Cl)c(N)c2)c(F)cc1F. The highest BCUT2D eigenvalue weighted by Crippen LogP contribution is 2.23. The van der Waals surface area contributed by atoms with E-state index in [2.05, 4.69) is 5.32 Å². The van der Waals surface area contributed by atoms with Gasteiger partial charge in [-0.2, -0.15) is 0 Å². The van der Waals surface area contributed by atoms with Crippen LogP contribution >= 0.6 is 11.6 Å². The third kappa shape index (κ3) is 2.88. The molecule has 0 aliphatic rings. The number of carbonyl (C=O) groups is 1. The number of aryl methyl sites for hydroxylation is 1. The molecule has 0 heterocycles. The molecule has 2 aromatic rings. The van der Waals surface area contributed by atoms with Crippen molar-refractivity contribution < 1.29 is 13.6 Å². The summed E-state index contributed by atoms with van der Waals surface area (Å²) in [7, 11) is 0. The first-order valence-corrected chi connectivity index (χ1v) is 6.08. The van der Waals surface area contributed by atoms with E-state index >= 15 is 0 Å². The Balaban J connectivity index is 2.28. The van der Waals surface area contributed by atoms with Gasteiger partial charge in [-0.3, -0.25) is 4.79 Å². The zero-order valence-corrected chi connectivity index (χ0v) is 11.3. The number of anilines is 2. The molecule has 0 aliphatic heterocycles. The number of nitrogens with two attached hydrogens (primary N) is 1. The number of carbonyl (C=O) groups excluding carboxylic acids is 1. The summed E-state index contributed by atoms with van der Waals surface area (Å²) in [4.78, 5) is 11.9. The van der Waals surface area contributed by atoms with Gasteiger partial charge in [0.1, 0.15) is 11.6 Å². The van der Waals surface area contributed by atoms with Crippen molar-refractivity contribution in [2.45, 2.75) is 6.92 Å². The monoisotopic (exact) mass is 296 g/mol. The summed E-state index contributed by atoms with van der Waals surface area (Å²) >= 11 is 5.76. The summed E-state index contributed by atoms with van der Waals surface area (Å²) < 4.78 is 26.7. The summed E-state index contributed by atoms with van der Waals surface area (Å²) in [5, 5.41) is 2.83. The second kappa shape index (κ2) is 5.46. The van der Waals surface area contributed by atoms with Gasteiger partial charge in [-0.05, 0) is 36.8 Å². The second-order valence-corrected chi connectivity index (χ2v) is 4.68. The number of benzene rings is 2. The molecule has 0 bridgehead atoms. The summed E-state index contributed by atoms with van der Waals surface area (Å²) in [6.45, 7) is 1.45. The van der Waals surface area contributed by atoms with Crippen LogP contribution in [0.2, 0.25) is 5.02 Å². The van der Waals surface area contributed by atoms with Crippen LogP contribution in [-0.2, 0) is 0 Å². The Morgan fingerprint density at radius 3 is 2.55 bits per heavy atom. The van der Waals surface area contributed by atoms with E-state index in [4.69, 9.17) is 17.3 Å². The van der Waals surface area contributed by atoms with Crippen molar-refractivity contribution in [2.24, 2.45) is 0 Å². The highest BCUT2D eigenvalue weighted by atomic mass is 35.5. The fourth-order valence-corrected chi connectivity index (χ4v) is 1.77. The lowest BCUT2D eigenvalue weighted by atomic mass is 10.1. The smallest absolute Gasteiger partial charge is 0.258 e. The molecular weight excluding hydrogens is 286 g/mol. The van der Waals surface area contributed by atoms with Crippen molar-refractivity contribution in [1.29, 1.82) is 0 Å². The molecule has 0 radical (unpaired) electrons. The van der Waals surface area contributed by atoms with Gasteiger partial charge in [-0.15, -0.1) is 0 Å². The number of halogens is 3. The number of hydrogen-bond donors (Lipinski definition) is 2. The van der Waals surface area contributed by atoms with Gasteiger partial charge < -0.3 is 11.1 Å². The van der Waals surface area contributed by atoms with Crippen LogP contribution in [0.1, 0.15) is 15.9 Å². The quantitative estimate of drug-likeness (QED) is 0.829. The average Bonchev–Trinajstić information content (AvgIpc) is 2.38. The van der Waals surface area contributed by atoms with Crippen LogP contribution < -0.4 is 11.1 Å². The molecule has 0 atom stereocenters. The molecular formula is C14H11ClF2N2O. The van der Waals surface area contributed by atoms with Crippen molar-refractivity contribution in [3.05, 3.63) is 58.1 Å². The molecule has 104 valence electrons. The zero-order valence-electron chi connectivity index (χ0n) is 10.5. The van der Waals surface area contributed by atoms with E-state index in [-0.39, 0.29) is 11.1 Å². The Labute approximate surface area is 119 Å². The summed E-state index contributed by atoms with van der Waals surface area (Å²) in [6, 6.07) is 6.33. The Bertz CT molecular complexity index is 689. The molecule has 3 nitrogen and oxygen atoms in total. The van der Waals surface area contributed by atoms with Crippen LogP contribution in [0, 0.1) is 18.6 Å². The van der Waals surface area contributed by atoms with E-state index in [1.54, 1.807) is 0 Å². The first-order chi connectivity index (χ1) is 9.38. The lowest BCUT2D eigenvalue weighted by Gasteiger charge is -2.08. The summed E-state index contributed by atoms with van der Waals surface area (Å²) in [5.74, 6) is -2.31. The van der Waals surface area contributed by atoms with Crippen LogP contribution in [0.3, 0.4) is 0 Å². The van der Waals surface area contributed by atoms with Crippen molar-refractivity contribution in [1.82, 2.24) is 0 Å². The number of amides is 1. The van der Waals surface area contributed by atoms with Gasteiger partial charge in [-0.1, -0.05) is 11.6 Å². The molecule has 6 heteroatoms. The zero-order chi connectivity index (χ0) is 14.9. The van der Waals surface area contributed by atoms with Crippen LogP contribution in [0.5, 0.6) is 0 Å². The number of rotatable bonds is 2. The molecule has 2 rings (SSSR count). The van der Waals surface area contributed by atoms with Gasteiger partial charge >= 0.3 is 0 Å². The highest BCUT2D eigenvalue weighted by molar-refractivity contribution is 6.33. The molecule has 0 saturated heterocycles. The third-order valence-corrected chi connectivity index (χ3v) is 3.09. The third-order valence-electron chi connectivity index (χ3n) is 2.75. The molecule has 2 aromatic carbocycles. The first kappa shape index (κ1) is 14.3. The molecule has 1 amide bonds. The van der Waals surface area contributed by atoms with E-state index in [0.717, 1.165) is 6.07 Å². The second-order valence-electron chi connectivity index (χ2n) is 4.27. The largest absolute Gasteiger partial charge is 0.397 e. The standard InChI is InChI=1S/C14H11ClF2N2O/c1-7-4-9(12(17)6-11(7)16)14(20)19-8-2-3-10(15)13(18)5-8/h2-6H,18H2,1H3,(H,19,20). The Kier molecular flexibility index (Phi) is 3.90. The predicted molar refractivity (Wildman–Crippen MR) is 74.9 cm³/mol. The fourth-order valence-electron chi connectivity index (χ4n) is 1.65. The summed E-state index contributed by atoms with van der Waals surface area (Å²) in [6.07, 6.45) is 0. The summed E-state index contributed by atoms with van der Waals surface area (Å²) in [5.41, 5.74) is 6.22. The molecule has 0 aromatic heterocycles. The van der Waals surface area contributed by atoms with Gasteiger partial charge in [0, 0.05) is 11.8 Å². The average molecular weight is 297 g/mol. The highest BCUT2D eigenvalue weighted by Gasteiger charge is 2.15. The van der Waals surface area contributed by atoms with Gasteiger partial charge in [0.25, 0.3) is 5.91 Å². The van der Waals surface area contributed by atoms with Crippen LogP contribution in [-0.4, -0.2) is 5.91 Å². The van der Waals surface area contributed by atoms with Crippen molar-refractivity contribution in [2.75, 3.05) is 11.1 Å². The maximum Gasteiger partial charge on any atom is 0.258 e. The lowest BCUT2D eigenvalue weighted by molar-refractivity contribution is 0.102. The minimum Gasteiger partial charge on any atom is -0.397 e. The molecule has 0 spiro atoms. The molecule has 3 N–H and O–H groups in total. The van der Waals surface area contributed by atoms with E-state index in [1.165, 1.54) is 25.1 Å². The van der Waals surface area contributed by atoms with E-state index in [0.29, 0.717) is 22.5 Å². The van der Waals surface area contributed by atoms with Crippen LogP contribution in [0.25, 0.3) is 0 Å². The molecule has 0 unspecified atom stereocenters. The minimum atomic E-state index is -0.924. The van der Waals surface area contributed by atoms with E-state index in [1.807, 2.05) is 0 Å². The van der Waals surface area contributed by atoms with Crippen LogP contribution in [0.4, 0.5) is 20.2 Å². The Morgan fingerprint density at radius 2 is 1.90 bits per heavy atom. The minimum absolute atomic E-state index is 0.187. The van der Waals surface area contributed by atoms with Crippen molar-refractivity contribution >= 4 is 28.9 Å². The first-order valence-electron chi connectivity index (χ1n) is 5.70. The predicted octanol–water partition coefficient (Wildman–Crippen LogP) is 3.76. The van der Waals surface area contributed by atoms with E-state index < -0.39 is 17.5 Å². The Hall–Kier alpha value is -2.14. The van der Waals surface area contributed by atoms with Crippen molar-refractivity contribution in [3.8, 4) is 0 Å². The fraction of sp³-hybridized carbons (Fsp3) is 0.0714. The lowest BCUT2D eigenvalue weighted by Crippen LogP contribution is -2.14. The van der Waals surface area contributed by atoms with Gasteiger partial charge in [0.2, 0.25) is 0 Å². The van der Waals surface area contributed by atoms with Gasteiger partial charge in [-0.25, -0.2) is 8.78 Å². The van der Waals surface area contributed by atoms with Crippen molar-refractivity contribution in [3.63, 3.8) is 0 Å². The molecule has 0 saturated carbocycles. The maximum absolute atomic E-state index is 13.6. The Morgan fingerprint density at radius 1 is 1.20 bits per heavy atom. The normalized spacial score (nSPS) is 10.4. The topological polar surface area (TPSA) is 55.1 Å². The van der Waals surface area contributed by atoms with Crippen LogP contribution in [0.15, 0.2) is 30.3 Å².